The molecule has 2 amide bonds. The Balaban J connectivity index is 1.43. The van der Waals surface area contributed by atoms with Gasteiger partial charge in [0.1, 0.15) is 17.7 Å². The molecule has 176 valence electrons. The minimum atomic E-state index is -0.506. The number of hydrogen-bond acceptors (Lipinski definition) is 4. The van der Waals surface area contributed by atoms with Crippen molar-refractivity contribution in [3.8, 4) is 0 Å². The number of halogens is 2. The molecule has 2 aliphatic rings. The summed E-state index contributed by atoms with van der Waals surface area (Å²) in [5.74, 6) is -1.09. The first-order chi connectivity index (χ1) is 15.9. The van der Waals surface area contributed by atoms with Crippen molar-refractivity contribution in [2.75, 3.05) is 39.3 Å². The standard InChI is InChI=1S/C25H30F2N4O2/c26-20-8-4-18(5-9-20)24(19-6-10-21(27)11-7-19)30-15-13-29(14-16-30)17-23(32)31-12-2-1-3-22(31)25(28)33/h4-11,22,24H,1-3,12-17H2,(H2,28,33)/t22-/m1/s1. The summed E-state index contributed by atoms with van der Waals surface area (Å²) >= 11 is 0. The topological polar surface area (TPSA) is 69.9 Å². The lowest BCUT2D eigenvalue weighted by Gasteiger charge is -2.41. The predicted octanol–water partition coefficient (Wildman–Crippen LogP) is 2.54. The van der Waals surface area contributed by atoms with E-state index in [1.54, 1.807) is 29.2 Å². The zero-order valence-electron chi connectivity index (χ0n) is 18.6. The number of hydrogen-bond donors (Lipinski definition) is 1. The van der Waals surface area contributed by atoms with E-state index < -0.39 is 11.9 Å². The van der Waals surface area contributed by atoms with Crippen molar-refractivity contribution in [1.29, 1.82) is 0 Å². The van der Waals surface area contributed by atoms with Gasteiger partial charge in [0.25, 0.3) is 0 Å². The maximum atomic E-state index is 13.5. The molecule has 2 N–H and O–H groups in total. The van der Waals surface area contributed by atoms with E-state index >= 15 is 0 Å². The fourth-order valence-electron chi connectivity index (χ4n) is 4.89. The summed E-state index contributed by atoms with van der Waals surface area (Å²) in [5, 5.41) is 0. The van der Waals surface area contributed by atoms with Crippen molar-refractivity contribution in [2.45, 2.75) is 31.3 Å². The summed E-state index contributed by atoms with van der Waals surface area (Å²) in [4.78, 5) is 30.7. The van der Waals surface area contributed by atoms with E-state index in [0.29, 0.717) is 39.1 Å². The van der Waals surface area contributed by atoms with Gasteiger partial charge in [0.05, 0.1) is 12.6 Å². The number of piperidine rings is 1. The molecule has 4 rings (SSSR count). The molecule has 6 nitrogen and oxygen atoms in total. The van der Waals surface area contributed by atoms with Crippen LogP contribution >= 0.6 is 0 Å². The quantitative estimate of drug-likeness (QED) is 0.725. The SMILES string of the molecule is NC(=O)[C@H]1CCCCN1C(=O)CN1CCN(C(c2ccc(F)cc2)c2ccc(F)cc2)CC1. The van der Waals surface area contributed by atoms with E-state index in [9.17, 15) is 18.4 Å². The molecule has 0 spiro atoms. The van der Waals surface area contributed by atoms with Gasteiger partial charge in [-0.05, 0) is 54.7 Å². The largest absolute Gasteiger partial charge is 0.368 e. The summed E-state index contributed by atoms with van der Waals surface area (Å²) in [6, 6.07) is 12.2. The minimum absolute atomic E-state index is 0.0550. The summed E-state index contributed by atoms with van der Waals surface area (Å²) < 4.78 is 27.0. The van der Waals surface area contributed by atoms with Gasteiger partial charge in [-0.15, -0.1) is 0 Å². The van der Waals surface area contributed by atoms with E-state index in [1.165, 1.54) is 24.3 Å². The van der Waals surface area contributed by atoms with Crippen molar-refractivity contribution in [1.82, 2.24) is 14.7 Å². The van der Waals surface area contributed by atoms with Crippen molar-refractivity contribution < 1.29 is 18.4 Å². The van der Waals surface area contributed by atoms with Gasteiger partial charge in [0.2, 0.25) is 11.8 Å². The Kier molecular flexibility index (Phi) is 7.35. The van der Waals surface area contributed by atoms with Crippen LogP contribution in [0.5, 0.6) is 0 Å². The maximum absolute atomic E-state index is 13.5. The van der Waals surface area contributed by atoms with Crippen LogP contribution in [-0.4, -0.2) is 71.8 Å². The average molecular weight is 457 g/mol. The van der Waals surface area contributed by atoms with Crippen LogP contribution in [0.1, 0.15) is 36.4 Å². The molecule has 2 aliphatic heterocycles. The van der Waals surface area contributed by atoms with E-state index in [2.05, 4.69) is 9.80 Å². The number of primary amides is 1. The monoisotopic (exact) mass is 456 g/mol. The van der Waals surface area contributed by atoms with Crippen LogP contribution in [0.2, 0.25) is 0 Å². The number of likely N-dealkylation sites (tertiary alicyclic amines) is 1. The van der Waals surface area contributed by atoms with E-state index in [4.69, 9.17) is 5.73 Å². The Labute approximate surface area is 192 Å². The molecule has 0 aliphatic carbocycles. The highest BCUT2D eigenvalue weighted by molar-refractivity contribution is 5.87. The Bertz CT molecular complexity index is 914. The maximum Gasteiger partial charge on any atom is 0.240 e. The van der Waals surface area contributed by atoms with Crippen molar-refractivity contribution in [3.05, 3.63) is 71.3 Å². The number of piperazine rings is 1. The van der Waals surface area contributed by atoms with E-state index in [0.717, 1.165) is 24.0 Å². The number of nitrogens with two attached hydrogens (primary N) is 1. The molecule has 2 aromatic rings. The fourth-order valence-corrected chi connectivity index (χ4v) is 4.89. The minimum Gasteiger partial charge on any atom is -0.368 e. The first-order valence-electron chi connectivity index (χ1n) is 11.5. The van der Waals surface area contributed by atoms with Gasteiger partial charge in [0, 0.05) is 32.7 Å². The Hall–Kier alpha value is -2.84. The molecule has 33 heavy (non-hydrogen) atoms. The third-order valence-corrected chi connectivity index (χ3v) is 6.65. The molecule has 0 bridgehead atoms. The highest BCUT2D eigenvalue weighted by Gasteiger charge is 2.33. The van der Waals surface area contributed by atoms with Crippen LogP contribution in [0.25, 0.3) is 0 Å². The molecular weight excluding hydrogens is 426 g/mol. The van der Waals surface area contributed by atoms with Crippen LogP contribution < -0.4 is 5.73 Å². The van der Waals surface area contributed by atoms with Gasteiger partial charge in [-0.3, -0.25) is 19.4 Å². The smallest absolute Gasteiger partial charge is 0.240 e. The van der Waals surface area contributed by atoms with E-state index in [1.807, 2.05) is 0 Å². The molecule has 0 saturated carbocycles. The van der Waals surface area contributed by atoms with Crippen LogP contribution in [-0.2, 0) is 9.59 Å². The number of carbonyl (C=O) groups is 2. The highest BCUT2D eigenvalue weighted by atomic mass is 19.1. The Morgan fingerprint density at radius 3 is 1.91 bits per heavy atom. The number of amides is 2. The van der Waals surface area contributed by atoms with Gasteiger partial charge < -0.3 is 10.6 Å². The summed E-state index contributed by atoms with van der Waals surface area (Å²) in [6.45, 7) is 3.59. The molecule has 2 aromatic carbocycles. The van der Waals surface area contributed by atoms with Gasteiger partial charge in [0.15, 0.2) is 0 Å². The first-order valence-corrected chi connectivity index (χ1v) is 11.5. The molecule has 0 aromatic heterocycles. The lowest BCUT2D eigenvalue weighted by Crippen LogP contribution is -2.55. The molecular formula is C25H30F2N4O2. The molecule has 2 fully saturated rings. The van der Waals surface area contributed by atoms with Crippen molar-refractivity contribution in [3.63, 3.8) is 0 Å². The zero-order chi connectivity index (χ0) is 23.4. The summed E-state index contributed by atoms with van der Waals surface area (Å²) in [6.07, 6.45) is 2.43. The zero-order valence-corrected chi connectivity index (χ0v) is 18.6. The molecule has 0 radical (unpaired) electrons. The normalized spacial score (nSPS) is 20.2. The molecule has 2 saturated heterocycles. The third-order valence-electron chi connectivity index (χ3n) is 6.65. The van der Waals surface area contributed by atoms with Gasteiger partial charge in [-0.25, -0.2) is 8.78 Å². The Morgan fingerprint density at radius 2 is 1.39 bits per heavy atom. The van der Waals surface area contributed by atoms with Crippen LogP contribution in [0.15, 0.2) is 48.5 Å². The Morgan fingerprint density at radius 1 is 0.848 bits per heavy atom. The van der Waals surface area contributed by atoms with Crippen molar-refractivity contribution >= 4 is 11.8 Å². The molecule has 1 atom stereocenters. The van der Waals surface area contributed by atoms with Crippen LogP contribution in [0.3, 0.4) is 0 Å². The number of benzene rings is 2. The molecule has 2 heterocycles. The second-order valence-corrected chi connectivity index (χ2v) is 8.82. The lowest BCUT2D eigenvalue weighted by molar-refractivity contribution is -0.142. The third kappa shape index (κ3) is 5.57. The highest BCUT2D eigenvalue weighted by Crippen LogP contribution is 2.30. The van der Waals surface area contributed by atoms with E-state index in [-0.39, 0.29) is 30.1 Å². The lowest BCUT2D eigenvalue weighted by atomic mass is 9.96. The number of rotatable bonds is 6. The number of carbonyl (C=O) groups excluding carboxylic acids is 2. The van der Waals surface area contributed by atoms with Gasteiger partial charge in [-0.2, -0.15) is 0 Å². The second-order valence-electron chi connectivity index (χ2n) is 8.82. The summed E-state index contributed by atoms with van der Waals surface area (Å²) in [5.41, 5.74) is 7.38. The fraction of sp³-hybridized carbons (Fsp3) is 0.440. The van der Waals surface area contributed by atoms with Crippen molar-refractivity contribution in [2.24, 2.45) is 5.73 Å². The number of nitrogens with zero attached hydrogens (tertiary/aromatic N) is 3. The molecule has 8 heteroatoms. The predicted molar refractivity (Wildman–Crippen MR) is 121 cm³/mol. The first kappa shape index (κ1) is 23.3. The van der Waals surface area contributed by atoms with Gasteiger partial charge >= 0.3 is 0 Å². The van der Waals surface area contributed by atoms with Crippen LogP contribution in [0.4, 0.5) is 8.78 Å². The van der Waals surface area contributed by atoms with Gasteiger partial charge in [-0.1, -0.05) is 24.3 Å². The molecule has 0 unspecified atom stereocenters. The summed E-state index contributed by atoms with van der Waals surface area (Å²) in [7, 11) is 0. The van der Waals surface area contributed by atoms with Crippen LogP contribution in [0, 0.1) is 11.6 Å². The second kappa shape index (κ2) is 10.4. The average Bonchev–Trinajstić information content (AvgIpc) is 2.82.